The van der Waals surface area contributed by atoms with Crippen LogP contribution < -0.4 is 25.0 Å². The molecule has 4 heterocycles. The van der Waals surface area contributed by atoms with E-state index in [1.165, 1.54) is 0 Å². The minimum absolute atomic E-state index is 0.00692. The predicted molar refractivity (Wildman–Crippen MR) is 161 cm³/mol. The number of benzene rings is 1. The van der Waals surface area contributed by atoms with Gasteiger partial charge in [-0.1, -0.05) is 11.6 Å². The van der Waals surface area contributed by atoms with E-state index in [2.05, 4.69) is 26.6 Å². The Labute approximate surface area is 254 Å². The van der Waals surface area contributed by atoms with Crippen molar-refractivity contribution < 1.29 is 24.2 Å². The van der Waals surface area contributed by atoms with Gasteiger partial charge in [0.2, 0.25) is 5.88 Å². The molecule has 0 radical (unpaired) electrons. The van der Waals surface area contributed by atoms with Crippen molar-refractivity contribution in [2.75, 3.05) is 37.7 Å². The van der Waals surface area contributed by atoms with Crippen LogP contribution in [0.2, 0.25) is 5.02 Å². The summed E-state index contributed by atoms with van der Waals surface area (Å²) in [6, 6.07) is 15.2. The number of carbonyl (C=O) groups excluding carboxylic acids is 1. The largest absolute Gasteiger partial charge is 0.488 e. The number of hydrogen-bond donors (Lipinski definition) is 3. The fourth-order valence-corrected chi connectivity index (χ4v) is 6.13. The van der Waals surface area contributed by atoms with E-state index in [0.717, 1.165) is 56.7 Å². The number of anilines is 1. The lowest BCUT2D eigenvalue weighted by Crippen LogP contribution is -2.65. The normalized spacial score (nSPS) is 18.3. The Morgan fingerprint density at radius 3 is 2.79 bits per heavy atom. The Kier molecular flexibility index (Phi) is 9.28. The van der Waals surface area contributed by atoms with Crippen LogP contribution in [0.5, 0.6) is 11.6 Å². The van der Waals surface area contributed by atoms with E-state index in [0.29, 0.717) is 34.5 Å². The molecule has 2 aromatic heterocycles. The van der Waals surface area contributed by atoms with Crippen molar-refractivity contribution in [3.05, 3.63) is 64.9 Å². The van der Waals surface area contributed by atoms with Crippen LogP contribution in [-0.2, 0) is 4.79 Å². The molecule has 1 saturated carbocycles. The molecule has 6 rings (SSSR count). The zero-order valence-corrected chi connectivity index (χ0v) is 24.5. The molecule has 43 heavy (non-hydrogen) atoms. The highest BCUT2D eigenvalue weighted by Crippen LogP contribution is 2.51. The molecule has 3 fully saturated rings. The maximum absolute atomic E-state index is 13.4. The number of pyridine rings is 2. The van der Waals surface area contributed by atoms with Crippen LogP contribution in [0.3, 0.4) is 0 Å². The van der Waals surface area contributed by atoms with Gasteiger partial charge in [-0.25, -0.2) is 9.97 Å². The smallest absolute Gasteiger partial charge is 0.290 e. The first-order valence-corrected chi connectivity index (χ1v) is 14.6. The van der Waals surface area contributed by atoms with Gasteiger partial charge >= 0.3 is 0 Å². The molecule has 0 bridgehead atoms. The maximum Gasteiger partial charge on any atom is 0.290 e. The number of rotatable bonds is 8. The van der Waals surface area contributed by atoms with Crippen molar-refractivity contribution in [1.29, 1.82) is 5.26 Å². The number of nitriles is 1. The summed E-state index contributed by atoms with van der Waals surface area (Å²) in [7, 11) is 0. The third-order valence-electron chi connectivity index (χ3n) is 7.88. The van der Waals surface area contributed by atoms with E-state index in [9.17, 15) is 10.1 Å². The maximum atomic E-state index is 13.4. The Morgan fingerprint density at radius 2 is 2.09 bits per heavy atom. The van der Waals surface area contributed by atoms with Gasteiger partial charge in [-0.05, 0) is 75.2 Å². The van der Waals surface area contributed by atoms with Crippen LogP contribution in [-0.4, -0.2) is 72.4 Å². The molecule has 1 unspecified atom stereocenters. The number of nitrogens with zero attached hydrogens (tertiary/aromatic N) is 4. The molecule has 1 spiro atoms. The zero-order chi connectivity index (χ0) is 30.4. The summed E-state index contributed by atoms with van der Waals surface area (Å²) >= 11 is 6.07. The molecule has 1 aromatic carbocycles. The van der Waals surface area contributed by atoms with Crippen molar-refractivity contribution in [3.63, 3.8) is 0 Å². The average Bonchev–Trinajstić information content (AvgIpc) is 3.48. The van der Waals surface area contributed by atoms with Gasteiger partial charge in [-0.2, -0.15) is 5.26 Å². The minimum Gasteiger partial charge on any atom is -0.488 e. The van der Waals surface area contributed by atoms with Crippen molar-refractivity contribution in [2.45, 2.75) is 38.3 Å². The van der Waals surface area contributed by atoms with Gasteiger partial charge in [-0.15, -0.1) is 0 Å². The van der Waals surface area contributed by atoms with Crippen molar-refractivity contribution in [3.8, 4) is 29.0 Å². The third kappa shape index (κ3) is 6.66. The van der Waals surface area contributed by atoms with Crippen LogP contribution in [0, 0.1) is 16.7 Å². The topological polar surface area (TPSA) is 150 Å². The minimum atomic E-state index is -0.250. The number of nitrogens with one attached hydrogen (secondary N) is 2. The van der Waals surface area contributed by atoms with Gasteiger partial charge in [0, 0.05) is 42.3 Å². The Balaban J connectivity index is 0.00000118. The number of carboxylic acid groups (broad SMARTS) is 1. The number of hydrogen-bond acceptors (Lipinski definition) is 9. The van der Waals surface area contributed by atoms with Gasteiger partial charge in [0.1, 0.15) is 12.2 Å². The Hall–Kier alpha value is -4.40. The second-order valence-electron chi connectivity index (χ2n) is 10.9. The van der Waals surface area contributed by atoms with Crippen LogP contribution >= 0.6 is 11.6 Å². The molecule has 224 valence electrons. The van der Waals surface area contributed by atoms with Gasteiger partial charge in [0.25, 0.3) is 12.4 Å². The molecule has 1 atom stereocenters. The fraction of sp³-hybridized carbons (Fsp3) is 0.387. The molecule has 1 aliphatic carbocycles. The molecular formula is C31H33ClN6O5. The lowest BCUT2D eigenvalue weighted by atomic mass is 9.61. The van der Waals surface area contributed by atoms with E-state index in [-0.39, 0.29) is 35.6 Å². The summed E-state index contributed by atoms with van der Waals surface area (Å²) in [5.74, 6) is 0.714. The number of aromatic nitrogens is 2. The van der Waals surface area contributed by atoms with E-state index < -0.39 is 0 Å². The molecular weight excluding hydrogens is 572 g/mol. The van der Waals surface area contributed by atoms with Gasteiger partial charge in [0.05, 0.1) is 29.1 Å². The molecule has 2 saturated heterocycles. The quantitative estimate of drug-likeness (QED) is 0.323. The highest BCUT2D eigenvalue weighted by molar-refractivity contribution is 6.30. The van der Waals surface area contributed by atoms with E-state index in [1.54, 1.807) is 12.3 Å². The molecule has 1 amide bonds. The summed E-state index contributed by atoms with van der Waals surface area (Å²) < 4.78 is 12.1. The summed E-state index contributed by atoms with van der Waals surface area (Å²) in [6.45, 7) is 5.48. The molecule has 2 aliphatic heterocycles. The summed E-state index contributed by atoms with van der Waals surface area (Å²) in [4.78, 5) is 33.1. The molecule has 3 aromatic rings. The third-order valence-corrected chi connectivity index (χ3v) is 8.12. The highest BCUT2D eigenvalue weighted by Gasteiger charge is 2.54. The number of carbonyl (C=O) groups is 2. The van der Waals surface area contributed by atoms with Gasteiger partial charge in [0.15, 0.2) is 11.4 Å². The average molecular weight is 605 g/mol. The van der Waals surface area contributed by atoms with Gasteiger partial charge in [-0.3, -0.25) is 9.59 Å². The zero-order valence-electron chi connectivity index (χ0n) is 23.8. The molecule has 12 heteroatoms. The van der Waals surface area contributed by atoms with Crippen molar-refractivity contribution in [2.24, 2.45) is 5.41 Å². The predicted octanol–water partition coefficient (Wildman–Crippen LogP) is 3.91. The Bertz CT molecular complexity index is 1510. The molecule has 3 N–H and O–H groups in total. The summed E-state index contributed by atoms with van der Waals surface area (Å²) in [5.41, 5.74) is 3.27. The number of amides is 1. The fourth-order valence-electron chi connectivity index (χ4n) is 5.96. The van der Waals surface area contributed by atoms with Gasteiger partial charge < -0.3 is 30.1 Å². The van der Waals surface area contributed by atoms with E-state index >= 15 is 0 Å². The van der Waals surface area contributed by atoms with Crippen LogP contribution in [0.15, 0.2) is 48.7 Å². The van der Waals surface area contributed by atoms with Crippen molar-refractivity contribution in [1.82, 2.24) is 20.6 Å². The lowest BCUT2D eigenvalue weighted by Gasteiger charge is -2.59. The first-order chi connectivity index (χ1) is 20.9. The first kappa shape index (κ1) is 30.1. The first-order valence-electron chi connectivity index (χ1n) is 14.2. The second kappa shape index (κ2) is 13.3. The summed E-state index contributed by atoms with van der Waals surface area (Å²) in [6.07, 6.45) is 4.31. The Morgan fingerprint density at radius 1 is 1.30 bits per heavy atom. The monoisotopic (exact) mass is 604 g/mol. The lowest BCUT2D eigenvalue weighted by molar-refractivity contribution is -0.122. The second-order valence-corrected chi connectivity index (χ2v) is 11.3. The van der Waals surface area contributed by atoms with Crippen molar-refractivity contribution >= 4 is 29.7 Å². The number of halogens is 1. The SMILES string of the molecule is CCOc1ncccc1-c1ccc(OC2CC3(C2)CN(c2ccc(Cl)cc2C#N)C3)c(C(=O)NC2CCNC2)n1.O=CO. The van der Waals surface area contributed by atoms with Crippen LogP contribution in [0.4, 0.5) is 5.69 Å². The standard InChI is InChI=1S/C30H31ClN6O3.CH2O2/c1-2-39-29-23(4-3-10-34-29)24-6-8-26(27(36-24)28(38)35-21-9-11-33-16-21)40-22-13-30(14-22)17-37(18-30)25-7-5-20(31)12-19(25)15-32;2-1-3/h3-8,10,12,21-22,33H,2,9,11,13-14,16-18H2,1H3,(H,35,38);1H,(H,2,3). The number of ether oxygens (including phenoxy) is 2. The molecule has 11 nitrogen and oxygen atoms in total. The molecule has 3 aliphatic rings. The summed E-state index contributed by atoms with van der Waals surface area (Å²) in [5, 5.41) is 23.3. The van der Waals surface area contributed by atoms with Crippen LogP contribution in [0.25, 0.3) is 11.3 Å². The van der Waals surface area contributed by atoms with Crippen LogP contribution in [0.1, 0.15) is 42.2 Å². The van der Waals surface area contributed by atoms with E-state index in [1.807, 2.05) is 43.3 Å². The van der Waals surface area contributed by atoms with E-state index in [4.69, 9.17) is 36.0 Å². The highest BCUT2D eigenvalue weighted by atomic mass is 35.5.